The third-order valence-electron chi connectivity index (χ3n) is 3.43. The summed E-state index contributed by atoms with van der Waals surface area (Å²) < 4.78 is 47.8. The Bertz CT molecular complexity index is 1020. The number of hydrogen-bond acceptors (Lipinski definition) is 5. The fraction of sp³-hybridized carbons (Fsp3) is 0.0588. The second-order valence-corrected chi connectivity index (χ2v) is 8.13. The van der Waals surface area contributed by atoms with Crippen molar-refractivity contribution in [1.29, 1.82) is 0 Å². The van der Waals surface area contributed by atoms with Gasteiger partial charge >= 0.3 is 5.76 Å². The highest BCUT2D eigenvalue weighted by Crippen LogP contribution is 2.26. The van der Waals surface area contributed by atoms with Crippen LogP contribution in [0, 0.1) is 0 Å². The molecule has 0 bridgehead atoms. The maximum Gasteiger partial charge on any atom is 0.341 e. The molecule has 0 unspecified atom stereocenters. The number of carbonyl (C=O) groups excluding carboxylic acids is 1. The first kappa shape index (κ1) is 18.2. The molecule has 0 radical (unpaired) electrons. The van der Waals surface area contributed by atoms with Crippen LogP contribution in [0.3, 0.4) is 0 Å². The van der Waals surface area contributed by atoms with Crippen LogP contribution in [0.15, 0.2) is 65.7 Å². The molecule has 26 heavy (non-hydrogen) atoms. The van der Waals surface area contributed by atoms with Crippen LogP contribution in [0.25, 0.3) is 10.6 Å². The van der Waals surface area contributed by atoms with Crippen molar-refractivity contribution in [3.63, 3.8) is 0 Å². The van der Waals surface area contributed by atoms with E-state index in [1.54, 1.807) is 0 Å². The van der Waals surface area contributed by atoms with Crippen LogP contribution in [0.1, 0.15) is 9.67 Å². The zero-order chi connectivity index (χ0) is 18.7. The van der Waals surface area contributed by atoms with E-state index in [1.165, 1.54) is 29.7 Å². The zero-order valence-corrected chi connectivity index (χ0v) is 14.7. The highest BCUT2D eigenvalue weighted by Gasteiger charge is 2.26. The maximum atomic E-state index is 12.5. The van der Waals surface area contributed by atoms with E-state index in [-0.39, 0.29) is 5.69 Å². The van der Waals surface area contributed by atoms with Crippen LogP contribution in [0.2, 0.25) is 0 Å². The lowest BCUT2D eigenvalue weighted by Crippen LogP contribution is -2.12. The van der Waals surface area contributed by atoms with Gasteiger partial charge in [-0.25, -0.2) is 13.4 Å². The summed E-state index contributed by atoms with van der Waals surface area (Å²) in [5.74, 6) is -3.91. The normalized spacial score (nSPS) is 11.5. The molecule has 0 aliphatic heterocycles. The van der Waals surface area contributed by atoms with Crippen molar-refractivity contribution in [2.24, 2.45) is 0 Å². The molecule has 134 valence electrons. The van der Waals surface area contributed by atoms with Crippen molar-refractivity contribution in [3.05, 3.63) is 65.7 Å². The molecule has 0 aliphatic rings. The standard InChI is InChI=1S/C17H12F2N2O3S2/c18-17(19)26(23,24)13-8-6-12(7-9-13)21-15(22)14-10-20-16(25-14)11-4-2-1-3-5-11/h1-10,17H,(H,21,22). The molecule has 0 saturated carbocycles. The van der Waals surface area contributed by atoms with Crippen LogP contribution < -0.4 is 5.32 Å². The van der Waals surface area contributed by atoms with E-state index in [9.17, 15) is 22.0 Å². The Morgan fingerprint density at radius 3 is 2.31 bits per heavy atom. The molecule has 9 heteroatoms. The number of rotatable bonds is 5. The Balaban J connectivity index is 1.74. The first-order valence-corrected chi connectivity index (χ1v) is 9.69. The number of hydrogen-bond donors (Lipinski definition) is 1. The van der Waals surface area contributed by atoms with Gasteiger partial charge < -0.3 is 5.32 Å². The van der Waals surface area contributed by atoms with Crippen molar-refractivity contribution in [2.45, 2.75) is 10.7 Å². The molecule has 1 amide bonds. The van der Waals surface area contributed by atoms with Crippen molar-refractivity contribution >= 4 is 32.8 Å². The summed E-state index contributed by atoms with van der Waals surface area (Å²) in [5.41, 5.74) is 1.18. The van der Waals surface area contributed by atoms with Crippen molar-refractivity contribution < 1.29 is 22.0 Å². The summed E-state index contributed by atoms with van der Waals surface area (Å²) in [6, 6.07) is 13.9. The zero-order valence-electron chi connectivity index (χ0n) is 13.1. The number of nitrogens with one attached hydrogen (secondary N) is 1. The Morgan fingerprint density at radius 1 is 1.04 bits per heavy atom. The fourth-order valence-corrected chi connectivity index (χ4v) is 3.65. The number of halogens is 2. The topological polar surface area (TPSA) is 76.1 Å². The first-order valence-electron chi connectivity index (χ1n) is 7.32. The smallest absolute Gasteiger partial charge is 0.321 e. The summed E-state index contributed by atoms with van der Waals surface area (Å²) in [5, 5.41) is 3.27. The fourth-order valence-electron chi connectivity index (χ4n) is 2.12. The Labute approximate surface area is 152 Å². The van der Waals surface area contributed by atoms with Crippen LogP contribution in [0.4, 0.5) is 14.5 Å². The number of carbonyl (C=O) groups is 1. The van der Waals surface area contributed by atoms with Gasteiger partial charge in [-0.1, -0.05) is 30.3 Å². The second kappa shape index (κ2) is 7.30. The predicted molar refractivity (Wildman–Crippen MR) is 95.1 cm³/mol. The van der Waals surface area contributed by atoms with E-state index < -0.39 is 26.4 Å². The molecule has 5 nitrogen and oxygen atoms in total. The molecule has 0 fully saturated rings. The van der Waals surface area contributed by atoms with Crippen molar-refractivity contribution in [3.8, 4) is 10.6 Å². The number of anilines is 1. The second-order valence-electron chi connectivity index (χ2n) is 5.18. The number of amides is 1. The Kier molecular flexibility index (Phi) is 5.10. The van der Waals surface area contributed by atoms with E-state index in [1.807, 2.05) is 30.3 Å². The van der Waals surface area contributed by atoms with E-state index in [0.717, 1.165) is 17.7 Å². The summed E-state index contributed by atoms with van der Waals surface area (Å²) in [6.45, 7) is 0. The number of thiazole rings is 1. The molecule has 0 spiro atoms. The Morgan fingerprint density at radius 2 is 1.69 bits per heavy atom. The van der Waals surface area contributed by atoms with Gasteiger partial charge in [0.15, 0.2) is 0 Å². The lowest BCUT2D eigenvalue weighted by atomic mass is 10.2. The third kappa shape index (κ3) is 3.78. The number of alkyl halides is 2. The van der Waals surface area contributed by atoms with Crippen LogP contribution in [-0.2, 0) is 9.84 Å². The van der Waals surface area contributed by atoms with E-state index in [2.05, 4.69) is 10.3 Å². The number of sulfone groups is 1. The number of aromatic nitrogens is 1. The summed E-state index contributed by atoms with van der Waals surface area (Å²) in [4.78, 5) is 16.3. The van der Waals surface area contributed by atoms with Crippen LogP contribution in [0.5, 0.6) is 0 Å². The van der Waals surface area contributed by atoms with Gasteiger partial charge in [-0.15, -0.1) is 11.3 Å². The number of nitrogens with zero attached hydrogens (tertiary/aromatic N) is 1. The lowest BCUT2D eigenvalue weighted by Gasteiger charge is -2.06. The Hall–Kier alpha value is -2.65. The summed E-state index contributed by atoms with van der Waals surface area (Å²) >= 11 is 1.21. The molecule has 3 rings (SSSR count). The predicted octanol–water partition coefficient (Wildman–Crippen LogP) is 4.06. The molecule has 0 saturated heterocycles. The molecule has 0 atom stereocenters. The van der Waals surface area contributed by atoms with Gasteiger partial charge in [0.2, 0.25) is 9.84 Å². The molecule has 1 aromatic heterocycles. The van der Waals surface area contributed by atoms with Gasteiger partial charge in [0.1, 0.15) is 9.88 Å². The molecule has 2 aromatic carbocycles. The largest absolute Gasteiger partial charge is 0.341 e. The minimum atomic E-state index is -4.66. The van der Waals surface area contributed by atoms with Gasteiger partial charge in [-0.3, -0.25) is 4.79 Å². The van der Waals surface area contributed by atoms with Crippen molar-refractivity contribution in [1.82, 2.24) is 4.98 Å². The monoisotopic (exact) mass is 394 g/mol. The lowest BCUT2D eigenvalue weighted by molar-refractivity contribution is 0.103. The summed E-state index contributed by atoms with van der Waals surface area (Å²) in [6.07, 6.45) is 1.44. The first-order chi connectivity index (χ1) is 12.4. The average Bonchev–Trinajstić information content (AvgIpc) is 3.13. The summed E-state index contributed by atoms with van der Waals surface area (Å²) in [7, 11) is -4.66. The molecule has 1 N–H and O–H groups in total. The van der Waals surface area contributed by atoms with E-state index in [0.29, 0.717) is 9.88 Å². The quantitative estimate of drug-likeness (QED) is 0.708. The molecule has 0 aliphatic carbocycles. The van der Waals surface area contributed by atoms with Gasteiger partial charge in [0.05, 0.1) is 11.1 Å². The van der Waals surface area contributed by atoms with Gasteiger partial charge in [-0.05, 0) is 24.3 Å². The van der Waals surface area contributed by atoms with Crippen LogP contribution >= 0.6 is 11.3 Å². The molecule has 1 heterocycles. The SMILES string of the molecule is O=C(Nc1ccc(S(=O)(=O)C(F)F)cc1)c1cnc(-c2ccccc2)s1. The van der Waals surface area contributed by atoms with E-state index >= 15 is 0 Å². The molecular formula is C17H12F2N2O3S2. The average molecular weight is 394 g/mol. The van der Waals surface area contributed by atoms with Crippen LogP contribution in [-0.4, -0.2) is 25.1 Å². The van der Waals surface area contributed by atoms with E-state index in [4.69, 9.17) is 0 Å². The van der Waals surface area contributed by atoms with Crippen molar-refractivity contribution in [2.75, 3.05) is 5.32 Å². The van der Waals surface area contributed by atoms with Gasteiger partial charge in [0, 0.05) is 11.3 Å². The minimum absolute atomic E-state index is 0.290. The number of benzene rings is 2. The highest BCUT2D eigenvalue weighted by atomic mass is 32.2. The molecular weight excluding hydrogens is 382 g/mol. The highest BCUT2D eigenvalue weighted by molar-refractivity contribution is 7.91. The van der Waals surface area contributed by atoms with Gasteiger partial charge in [0.25, 0.3) is 5.91 Å². The maximum absolute atomic E-state index is 12.5. The minimum Gasteiger partial charge on any atom is -0.321 e. The van der Waals surface area contributed by atoms with Gasteiger partial charge in [-0.2, -0.15) is 8.78 Å². The third-order valence-corrected chi connectivity index (χ3v) is 5.87. The molecule has 3 aromatic rings.